The highest BCUT2D eigenvalue weighted by atomic mass is 19.4. The number of rotatable bonds is 5. The van der Waals surface area contributed by atoms with Crippen LogP contribution in [0.4, 0.5) is 13.2 Å². The maximum absolute atomic E-state index is 13.2. The highest BCUT2D eigenvalue weighted by Gasteiger charge is 2.40. The van der Waals surface area contributed by atoms with Gasteiger partial charge in [-0.05, 0) is 29.7 Å². The fourth-order valence-electron chi connectivity index (χ4n) is 2.23. The van der Waals surface area contributed by atoms with Crippen LogP contribution in [0.2, 0.25) is 0 Å². The minimum atomic E-state index is -4.51. The quantitative estimate of drug-likeness (QED) is 0.880. The monoisotopic (exact) mass is 321 g/mol. The SMILES string of the molecule is CCc1ccc(C[C@H](NC(=O)c2ccccc2)C(F)(F)F)cc1. The van der Waals surface area contributed by atoms with Crippen LogP contribution in [0.5, 0.6) is 0 Å². The zero-order valence-electron chi connectivity index (χ0n) is 12.7. The normalized spacial score (nSPS) is 12.7. The number of halogens is 3. The van der Waals surface area contributed by atoms with Crippen molar-refractivity contribution in [3.63, 3.8) is 0 Å². The van der Waals surface area contributed by atoms with Crippen molar-refractivity contribution in [2.75, 3.05) is 0 Å². The largest absolute Gasteiger partial charge is 0.408 e. The van der Waals surface area contributed by atoms with Crippen molar-refractivity contribution in [3.05, 3.63) is 71.3 Å². The summed E-state index contributed by atoms with van der Waals surface area (Å²) >= 11 is 0. The Balaban J connectivity index is 2.12. The lowest BCUT2D eigenvalue weighted by Gasteiger charge is -2.22. The Labute approximate surface area is 133 Å². The van der Waals surface area contributed by atoms with Gasteiger partial charge in [-0.2, -0.15) is 13.2 Å². The molecule has 0 aliphatic heterocycles. The summed E-state index contributed by atoms with van der Waals surface area (Å²) in [6, 6.07) is 12.9. The van der Waals surface area contributed by atoms with Gasteiger partial charge in [0, 0.05) is 12.0 Å². The Kier molecular flexibility index (Phi) is 5.42. The second kappa shape index (κ2) is 7.31. The van der Waals surface area contributed by atoms with Gasteiger partial charge in [0.2, 0.25) is 0 Å². The Morgan fingerprint density at radius 1 is 1.00 bits per heavy atom. The molecule has 1 amide bonds. The van der Waals surface area contributed by atoms with Gasteiger partial charge < -0.3 is 5.32 Å². The van der Waals surface area contributed by atoms with E-state index in [1.165, 1.54) is 12.1 Å². The van der Waals surface area contributed by atoms with Gasteiger partial charge in [-0.3, -0.25) is 4.79 Å². The van der Waals surface area contributed by atoms with Gasteiger partial charge in [-0.15, -0.1) is 0 Å². The van der Waals surface area contributed by atoms with Crippen LogP contribution in [0, 0.1) is 0 Å². The average molecular weight is 321 g/mol. The van der Waals surface area contributed by atoms with Crippen LogP contribution < -0.4 is 5.32 Å². The second-order valence-electron chi connectivity index (χ2n) is 5.31. The van der Waals surface area contributed by atoms with Crippen molar-refractivity contribution in [1.82, 2.24) is 5.32 Å². The molecule has 0 aliphatic carbocycles. The summed E-state index contributed by atoms with van der Waals surface area (Å²) in [6.45, 7) is 1.98. The highest BCUT2D eigenvalue weighted by molar-refractivity contribution is 5.94. The molecule has 0 radical (unpaired) electrons. The van der Waals surface area contributed by atoms with Crippen molar-refractivity contribution >= 4 is 5.91 Å². The van der Waals surface area contributed by atoms with Crippen LogP contribution in [0.25, 0.3) is 0 Å². The fourth-order valence-corrected chi connectivity index (χ4v) is 2.23. The standard InChI is InChI=1S/C18H18F3NO/c1-2-13-8-10-14(11-9-13)12-16(18(19,20)21)22-17(23)15-6-4-3-5-7-15/h3-11,16H,2,12H2,1H3,(H,22,23)/t16-/m0/s1. The molecule has 122 valence electrons. The van der Waals surface area contributed by atoms with Gasteiger partial charge >= 0.3 is 6.18 Å². The molecule has 2 aromatic rings. The molecule has 0 fully saturated rings. The first-order valence-corrected chi connectivity index (χ1v) is 7.40. The average Bonchev–Trinajstić information content (AvgIpc) is 2.54. The van der Waals surface area contributed by atoms with E-state index in [9.17, 15) is 18.0 Å². The first-order valence-electron chi connectivity index (χ1n) is 7.40. The topological polar surface area (TPSA) is 29.1 Å². The lowest BCUT2D eigenvalue weighted by Crippen LogP contribution is -2.46. The van der Waals surface area contributed by atoms with Crippen LogP contribution in [-0.4, -0.2) is 18.1 Å². The second-order valence-corrected chi connectivity index (χ2v) is 5.31. The van der Waals surface area contributed by atoms with Gasteiger partial charge in [0.1, 0.15) is 6.04 Å². The number of aryl methyl sites for hydroxylation is 1. The molecule has 0 saturated heterocycles. The van der Waals surface area contributed by atoms with E-state index in [1.807, 2.05) is 19.1 Å². The van der Waals surface area contributed by atoms with E-state index < -0.39 is 18.1 Å². The summed E-state index contributed by atoms with van der Waals surface area (Å²) in [5, 5.41) is 2.09. The molecule has 1 N–H and O–H groups in total. The zero-order valence-corrected chi connectivity index (χ0v) is 12.7. The summed E-state index contributed by atoms with van der Waals surface area (Å²) in [5.74, 6) is -0.724. The number of carbonyl (C=O) groups excluding carboxylic acids is 1. The summed E-state index contributed by atoms with van der Waals surface area (Å²) in [6.07, 6.45) is -3.96. The van der Waals surface area contributed by atoms with Crippen molar-refractivity contribution in [1.29, 1.82) is 0 Å². The zero-order chi connectivity index (χ0) is 16.9. The predicted octanol–water partition coefficient (Wildman–Crippen LogP) is 4.15. The summed E-state index contributed by atoms with van der Waals surface area (Å²) in [5.41, 5.74) is 1.81. The molecule has 0 heterocycles. The third-order valence-corrected chi connectivity index (χ3v) is 3.61. The van der Waals surface area contributed by atoms with E-state index in [1.54, 1.807) is 30.3 Å². The number of alkyl halides is 3. The van der Waals surface area contributed by atoms with Crippen LogP contribution >= 0.6 is 0 Å². The van der Waals surface area contributed by atoms with Crippen LogP contribution in [0.1, 0.15) is 28.4 Å². The Morgan fingerprint density at radius 2 is 1.57 bits per heavy atom. The van der Waals surface area contributed by atoms with Gasteiger partial charge in [-0.1, -0.05) is 49.4 Å². The molecule has 2 rings (SSSR count). The maximum atomic E-state index is 13.2. The summed E-state index contributed by atoms with van der Waals surface area (Å²) < 4.78 is 39.6. The number of amides is 1. The summed E-state index contributed by atoms with van der Waals surface area (Å²) in [7, 11) is 0. The molecule has 2 aromatic carbocycles. The lowest BCUT2D eigenvalue weighted by molar-refractivity contribution is -0.153. The first kappa shape index (κ1) is 17.1. The van der Waals surface area contributed by atoms with Crippen LogP contribution in [0.15, 0.2) is 54.6 Å². The first-order chi connectivity index (χ1) is 10.9. The minimum Gasteiger partial charge on any atom is -0.340 e. The number of benzene rings is 2. The molecule has 23 heavy (non-hydrogen) atoms. The molecular weight excluding hydrogens is 303 g/mol. The molecule has 0 unspecified atom stereocenters. The van der Waals surface area contributed by atoms with E-state index >= 15 is 0 Å². The van der Waals surface area contributed by atoms with Crippen molar-refractivity contribution < 1.29 is 18.0 Å². The molecular formula is C18H18F3NO. The molecule has 0 aliphatic rings. The van der Waals surface area contributed by atoms with Gasteiger partial charge in [0.15, 0.2) is 0 Å². The predicted molar refractivity (Wildman–Crippen MR) is 83.3 cm³/mol. The Hall–Kier alpha value is -2.30. The molecule has 1 atom stereocenters. The smallest absolute Gasteiger partial charge is 0.340 e. The third kappa shape index (κ3) is 4.84. The van der Waals surface area contributed by atoms with Gasteiger partial charge in [-0.25, -0.2) is 0 Å². The molecule has 2 nitrogen and oxygen atoms in total. The molecule has 0 aromatic heterocycles. The van der Waals surface area contributed by atoms with Crippen molar-refractivity contribution in [2.24, 2.45) is 0 Å². The van der Waals surface area contributed by atoms with Crippen LogP contribution in [0.3, 0.4) is 0 Å². The Morgan fingerprint density at radius 3 is 2.09 bits per heavy atom. The van der Waals surface area contributed by atoms with E-state index in [0.717, 1.165) is 12.0 Å². The van der Waals surface area contributed by atoms with E-state index in [2.05, 4.69) is 5.32 Å². The van der Waals surface area contributed by atoms with E-state index in [0.29, 0.717) is 5.56 Å². The lowest BCUT2D eigenvalue weighted by atomic mass is 10.0. The van der Waals surface area contributed by atoms with Crippen molar-refractivity contribution in [3.8, 4) is 0 Å². The molecule has 0 spiro atoms. The fraction of sp³-hybridized carbons (Fsp3) is 0.278. The van der Waals surface area contributed by atoms with Gasteiger partial charge in [0.25, 0.3) is 5.91 Å². The van der Waals surface area contributed by atoms with Crippen molar-refractivity contribution in [2.45, 2.75) is 32.0 Å². The third-order valence-electron chi connectivity index (χ3n) is 3.61. The number of carbonyl (C=O) groups is 1. The Bertz CT molecular complexity index is 636. The van der Waals surface area contributed by atoms with E-state index in [4.69, 9.17) is 0 Å². The minimum absolute atomic E-state index is 0.211. The molecule has 0 saturated carbocycles. The number of nitrogens with one attached hydrogen (secondary N) is 1. The number of hydrogen-bond donors (Lipinski definition) is 1. The van der Waals surface area contributed by atoms with Crippen LogP contribution in [-0.2, 0) is 12.8 Å². The maximum Gasteiger partial charge on any atom is 0.408 e. The highest BCUT2D eigenvalue weighted by Crippen LogP contribution is 2.24. The molecule has 5 heteroatoms. The molecule has 0 bridgehead atoms. The van der Waals surface area contributed by atoms with E-state index in [-0.39, 0.29) is 12.0 Å². The number of hydrogen-bond acceptors (Lipinski definition) is 1. The van der Waals surface area contributed by atoms with Gasteiger partial charge in [0.05, 0.1) is 0 Å². The summed E-state index contributed by atoms with van der Waals surface area (Å²) in [4.78, 5) is 12.0.